The minimum atomic E-state index is -0.386. The summed E-state index contributed by atoms with van der Waals surface area (Å²) in [4.78, 5) is 11.4. The Morgan fingerprint density at radius 2 is 2.00 bits per heavy atom. The first-order valence-electron chi connectivity index (χ1n) is 4.03. The van der Waals surface area contributed by atoms with Crippen molar-refractivity contribution in [2.45, 2.75) is 6.42 Å². The van der Waals surface area contributed by atoms with Crippen molar-refractivity contribution < 1.29 is 13.9 Å². The Morgan fingerprint density at radius 1 is 1.43 bits per heavy atom. The van der Waals surface area contributed by atoms with E-state index in [2.05, 4.69) is 4.74 Å². The van der Waals surface area contributed by atoms with Gasteiger partial charge in [0.2, 0.25) is 0 Å². The minimum Gasteiger partial charge on any atom is -0.484 e. The van der Waals surface area contributed by atoms with E-state index in [1.165, 1.54) is 31.4 Å². The molecule has 0 fully saturated rings. The Hall–Kier alpha value is -1.71. The first-order valence-corrected chi connectivity index (χ1v) is 4.03. The van der Waals surface area contributed by atoms with E-state index >= 15 is 0 Å². The zero-order valence-electron chi connectivity index (χ0n) is 7.71. The lowest BCUT2D eigenvalue weighted by Crippen LogP contribution is -2.08. The molecule has 4 heteroatoms. The van der Waals surface area contributed by atoms with Gasteiger partial charge in [-0.15, -0.1) is 0 Å². The highest BCUT2D eigenvalue weighted by Crippen LogP contribution is 2.06. The van der Waals surface area contributed by atoms with Gasteiger partial charge in [0.15, 0.2) is 11.7 Å². The van der Waals surface area contributed by atoms with Gasteiger partial charge in [0, 0.05) is 5.56 Å². The third-order valence-corrected chi connectivity index (χ3v) is 1.73. The van der Waals surface area contributed by atoms with E-state index in [0.29, 0.717) is 5.56 Å². The number of carbonyl (C=O) groups is 1. The number of nitrogens with one attached hydrogen (secondary N) is 1. The first-order chi connectivity index (χ1) is 6.63. The quantitative estimate of drug-likeness (QED) is 0.455. The molecule has 0 bridgehead atoms. The molecule has 0 spiro atoms. The maximum atomic E-state index is 12.5. The topological polar surface area (TPSA) is 50.1 Å². The molecule has 0 aliphatic heterocycles. The van der Waals surface area contributed by atoms with Crippen molar-refractivity contribution in [3.63, 3.8) is 0 Å². The zero-order valence-corrected chi connectivity index (χ0v) is 7.71. The maximum Gasteiger partial charge on any atom is 0.188 e. The number of carbonyl (C=O) groups excluding carboxylic acids is 1. The minimum absolute atomic E-state index is 0.0951. The summed E-state index contributed by atoms with van der Waals surface area (Å²) in [5, 5.41) is 7.14. The molecular weight excluding hydrogens is 185 g/mol. The van der Waals surface area contributed by atoms with Gasteiger partial charge in [0.05, 0.1) is 13.5 Å². The van der Waals surface area contributed by atoms with Crippen LogP contribution in [0.4, 0.5) is 4.39 Å². The van der Waals surface area contributed by atoms with Crippen molar-refractivity contribution in [1.82, 2.24) is 0 Å². The lowest BCUT2D eigenvalue weighted by atomic mass is 10.1. The summed E-state index contributed by atoms with van der Waals surface area (Å²) in [6, 6.07) is 5.20. The van der Waals surface area contributed by atoms with E-state index < -0.39 is 0 Å². The zero-order chi connectivity index (χ0) is 10.6. The average Bonchev–Trinajstić information content (AvgIpc) is 2.18. The highest BCUT2D eigenvalue weighted by atomic mass is 19.1. The van der Waals surface area contributed by atoms with Crippen molar-refractivity contribution >= 4 is 11.7 Å². The molecule has 0 saturated carbocycles. The molecule has 1 aromatic carbocycles. The van der Waals surface area contributed by atoms with Gasteiger partial charge in [-0.05, 0) is 24.3 Å². The molecule has 1 rings (SSSR count). The summed E-state index contributed by atoms with van der Waals surface area (Å²) in [6.07, 6.45) is -0.0951. The Morgan fingerprint density at radius 3 is 2.50 bits per heavy atom. The summed E-state index contributed by atoms with van der Waals surface area (Å²) in [5.41, 5.74) is 0.383. The van der Waals surface area contributed by atoms with Gasteiger partial charge in [0.1, 0.15) is 5.82 Å². The van der Waals surface area contributed by atoms with Crippen LogP contribution in [0.25, 0.3) is 0 Å². The second-order valence-corrected chi connectivity index (χ2v) is 2.73. The molecule has 0 saturated heterocycles. The van der Waals surface area contributed by atoms with Crippen molar-refractivity contribution in [3.05, 3.63) is 35.6 Å². The summed E-state index contributed by atoms with van der Waals surface area (Å²) < 4.78 is 17.1. The number of Topliss-reactive ketones (excluding diaryl/α,β-unsaturated/α-hetero) is 1. The molecule has 0 amide bonds. The van der Waals surface area contributed by atoms with Gasteiger partial charge in [-0.2, -0.15) is 0 Å². The monoisotopic (exact) mass is 195 g/mol. The van der Waals surface area contributed by atoms with Crippen molar-refractivity contribution in [2.75, 3.05) is 7.11 Å². The predicted molar refractivity (Wildman–Crippen MR) is 50.1 cm³/mol. The molecule has 14 heavy (non-hydrogen) atoms. The van der Waals surface area contributed by atoms with Crippen LogP contribution in [0, 0.1) is 11.2 Å². The normalized spacial score (nSPS) is 9.57. The van der Waals surface area contributed by atoms with E-state index in [-0.39, 0.29) is 23.9 Å². The maximum absolute atomic E-state index is 12.5. The van der Waals surface area contributed by atoms with Crippen LogP contribution >= 0.6 is 0 Å². The summed E-state index contributed by atoms with van der Waals surface area (Å²) in [7, 11) is 1.33. The molecule has 0 unspecified atom stereocenters. The van der Waals surface area contributed by atoms with E-state index in [9.17, 15) is 9.18 Å². The van der Waals surface area contributed by atoms with Crippen LogP contribution in [0.5, 0.6) is 0 Å². The van der Waals surface area contributed by atoms with Gasteiger partial charge in [-0.25, -0.2) is 4.39 Å². The standard InChI is InChI=1S/C10H10FNO2/c1-14-10(12)6-9(13)7-2-4-8(11)5-3-7/h2-5,12H,6H2,1H3. The lowest BCUT2D eigenvalue weighted by Gasteiger charge is -2.01. The van der Waals surface area contributed by atoms with Crippen LogP contribution in [-0.4, -0.2) is 18.8 Å². The number of ketones is 1. The molecule has 0 aliphatic rings. The second kappa shape index (κ2) is 4.50. The van der Waals surface area contributed by atoms with Crippen LogP contribution in [0.1, 0.15) is 16.8 Å². The van der Waals surface area contributed by atoms with E-state index in [1.54, 1.807) is 0 Å². The Labute approximate surface area is 81.0 Å². The van der Waals surface area contributed by atoms with E-state index in [0.717, 1.165) is 0 Å². The van der Waals surface area contributed by atoms with Crippen LogP contribution < -0.4 is 0 Å². The fraction of sp³-hybridized carbons (Fsp3) is 0.200. The third kappa shape index (κ3) is 2.65. The van der Waals surface area contributed by atoms with Crippen molar-refractivity contribution in [3.8, 4) is 0 Å². The lowest BCUT2D eigenvalue weighted by molar-refractivity contribution is 0.0994. The predicted octanol–water partition coefficient (Wildman–Crippen LogP) is 2.02. The Kier molecular flexibility index (Phi) is 3.34. The number of methoxy groups -OCH3 is 1. The van der Waals surface area contributed by atoms with E-state index in [4.69, 9.17) is 5.41 Å². The van der Waals surface area contributed by atoms with Crippen LogP contribution in [0.3, 0.4) is 0 Å². The number of ether oxygens (including phenoxy) is 1. The smallest absolute Gasteiger partial charge is 0.188 e. The van der Waals surface area contributed by atoms with Gasteiger partial charge >= 0.3 is 0 Å². The molecule has 74 valence electrons. The number of hydrogen-bond acceptors (Lipinski definition) is 3. The molecule has 1 N–H and O–H groups in total. The fourth-order valence-electron chi connectivity index (χ4n) is 0.956. The van der Waals surface area contributed by atoms with Gasteiger partial charge in [-0.3, -0.25) is 10.2 Å². The number of hydrogen-bond donors (Lipinski definition) is 1. The molecule has 0 heterocycles. The molecule has 3 nitrogen and oxygen atoms in total. The molecule has 1 aromatic rings. The average molecular weight is 195 g/mol. The van der Waals surface area contributed by atoms with Crippen LogP contribution in [0.2, 0.25) is 0 Å². The third-order valence-electron chi connectivity index (χ3n) is 1.73. The van der Waals surface area contributed by atoms with Crippen molar-refractivity contribution in [1.29, 1.82) is 5.41 Å². The Bertz CT molecular complexity index is 346. The summed E-state index contributed by atoms with van der Waals surface area (Å²) >= 11 is 0. The van der Waals surface area contributed by atoms with Gasteiger partial charge in [0.25, 0.3) is 0 Å². The molecule has 0 aliphatic carbocycles. The molecule has 0 radical (unpaired) electrons. The van der Waals surface area contributed by atoms with Crippen molar-refractivity contribution in [2.24, 2.45) is 0 Å². The van der Waals surface area contributed by atoms with Gasteiger partial charge in [-0.1, -0.05) is 0 Å². The van der Waals surface area contributed by atoms with E-state index in [1.807, 2.05) is 0 Å². The summed E-state index contributed by atoms with van der Waals surface area (Å²) in [6.45, 7) is 0. The SMILES string of the molecule is COC(=N)CC(=O)c1ccc(F)cc1. The fourth-order valence-corrected chi connectivity index (χ4v) is 0.956. The second-order valence-electron chi connectivity index (χ2n) is 2.73. The Balaban J connectivity index is 2.70. The molecular formula is C10H10FNO2. The summed E-state index contributed by atoms with van der Waals surface area (Å²) in [5.74, 6) is -0.737. The number of halogens is 1. The van der Waals surface area contributed by atoms with Crippen LogP contribution in [-0.2, 0) is 4.74 Å². The number of benzene rings is 1. The molecule has 0 aromatic heterocycles. The van der Waals surface area contributed by atoms with Gasteiger partial charge < -0.3 is 4.74 Å². The highest BCUT2D eigenvalue weighted by Gasteiger charge is 2.08. The van der Waals surface area contributed by atoms with Crippen LogP contribution in [0.15, 0.2) is 24.3 Å². The number of rotatable bonds is 3. The molecule has 0 atom stereocenters. The highest BCUT2D eigenvalue weighted by molar-refractivity contribution is 6.06. The largest absolute Gasteiger partial charge is 0.484 e. The first kappa shape index (κ1) is 10.4.